The monoisotopic (exact) mass is 510 g/mol. The molecule has 8 atom stereocenters. The summed E-state index contributed by atoms with van der Waals surface area (Å²) in [6.07, 6.45) is 16.5. The number of hydrogen-bond acceptors (Lipinski definition) is 2. The minimum atomic E-state index is 0.00994. The maximum absolute atomic E-state index is 12.7. The topological polar surface area (TPSA) is 26.3 Å². The van der Waals surface area contributed by atoms with Crippen LogP contribution < -0.4 is 0 Å². The van der Waals surface area contributed by atoms with Crippen molar-refractivity contribution in [3.63, 3.8) is 0 Å². The molecule has 5 rings (SSSR count). The van der Waals surface area contributed by atoms with Gasteiger partial charge in [0.05, 0.1) is 0 Å². The van der Waals surface area contributed by atoms with Crippen LogP contribution in [0.15, 0.2) is 11.6 Å². The maximum Gasteiger partial charge on any atom is 0.306 e. The van der Waals surface area contributed by atoms with E-state index >= 15 is 0 Å². The van der Waals surface area contributed by atoms with E-state index < -0.39 is 0 Å². The molecule has 0 N–H and O–H groups in total. The fourth-order valence-electron chi connectivity index (χ4n) is 11.2. The molecule has 4 fully saturated rings. The lowest BCUT2D eigenvalue weighted by molar-refractivity contribution is -0.212. The highest BCUT2D eigenvalue weighted by Crippen LogP contribution is 2.75. The Bertz CT molecular complexity index is 956. The summed E-state index contributed by atoms with van der Waals surface area (Å²) >= 11 is 0. The number of allylic oxidation sites excluding steroid dienone is 2. The Kier molecular flexibility index (Phi) is 6.46. The molecule has 0 amide bonds. The van der Waals surface area contributed by atoms with Crippen LogP contribution in [0.1, 0.15) is 140 Å². The summed E-state index contributed by atoms with van der Waals surface area (Å²) in [6, 6.07) is 0. The zero-order valence-corrected chi connectivity index (χ0v) is 26.1. The van der Waals surface area contributed by atoms with Crippen LogP contribution in [0.4, 0.5) is 0 Å². The summed E-state index contributed by atoms with van der Waals surface area (Å²) in [5.74, 6) is 2.47. The second-order valence-corrected chi connectivity index (χ2v) is 17.3. The van der Waals surface area contributed by atoms with Crippen LogP contribution in [-0.4, -0.2) is 12.1 Å². The predicted molar refractivity (Wildman–Crippen MR) is 154 cm³/mol. The van der Waals surface area contributed by atoms with E-state index in [2.05, 4.69) is 75.3 Å². The molecule has 2 heteroatoms. The Hall–Kier alpha value is -0.790. The van der Waals surface area contributed by atoms with Gasteiger partial charge in [0.25, 0.3) is 0 Å². The molecule has 0 aliphatic heterocycles. The largest absolute Gasteiger partial charge is 0.462 e. The fourth-order valence-corrected chi connectivity index (χ4v) is 11.2. The number of rotatable bonds is 3. The van der Waals surface area contributed by atoms with Crippen LogP contribution >= 0.6 is 0 Å². The summed E-state index contributed by atoms with van der Waals surface area (Å²) in [4.78, 5) is 12.7. The van der Waals surface area contributed by atoms with Gasteiger partial charge in [0.15, 0.2) is 0 Å². The van der Waals surface area contributed by atoms with Gasteiger partial charge >= 0.3 is 5.97 Å². The normalized spacial score (nSPS) is 48.1. The molecule has 0 radical (unpaired) electrons. The minimum absolute atomic E-state index is 0.00994. The molecule has 0 spiro atoms. The third kappa shape index (κ3) is 4.03. The fraction of sp³-hybridized carbons (Fsp3) is 0.914. The van der Waals surface area contributed by atoms with Crippen LogP contribution in [0.2, 0.25) is 0 Å². The molecule has 5 aliphatic carbocycles. The van der Waals surface area contributed by atoms with E-state index in [9.17, 15) is 4.79 Å². The summed E-state index contributed by atoms with van der Waals surface area (Å²) < 4.78 is 6.22. The number of hydrogen-bond donors (Lipinski definition) is 0. The molecule has 210 valence electrons. The zero-order chi connectivity index (χ0) is 27.2. The number of fused-ring (bicyclic) bond motifs is 7. The SMILES string of the molecule is CC(C)CC(=O)OC1CCC2(C)C(CCC3(C)C2CC=C2C4CC(C)(C)CCC4(C)CCC23C)C1(C)C. The first kappa shape index (κ1) is 27.8. The predicted octanol–water partition coefficient (Wildman–Crippen LogP) is 9.77. The zero-order valence-electron chi connectivity index (χ0n) is 26.1. The Labute approximate surface area is 229 Å². The van der Waals surface area contributed by atoms with E-state index in [-0.39, 0.29) is 17.5 Å². The smallest absolute Gasteiger partial charge is 0.306 e. The van der Waals surface area contributed by atoms with Gasteiger partial charge in [0, 0.05) is 11.8 Å². The minimum Gasteiger partial charge on any atom is -0.462 e. The highest BCUT2D eigenvalue weighted by atomic mass is 16.5. The molecule has 0 aromatic heterocycles. The second kappa shape index (κ2) is 8.60. The van der Waals surface area contributed by atoms with Gasteiger partial charge < -0.3 is 4.74 Å². The van der Waals surface area contributed by atoms with Crippen LogP contribution in [0.5, 0.6) is 0 Å². The molecule has 2 nitrogen and oxygen atoms in total. The van der Waals surface area contributed by atoms with E-state index in [4.69, 9.17) is 4.74 Å². The van der Waals surface area contributed by atoms with Crippen LogP contribution in [0.25, 0.3) is 0 Å². The highest BCUT2D eigenvalue weighted by Gasteiger charge is 2.68. The van der Waals surface area contributed by atoms with Gasteiger partial charge in [0.2, 0.25) is 0 Å². The van der Waals surface area contributed by atoms with Gasteiger partial charge in [-0.2, -0.15) is 0 Å². The van der Waals surface area contributed by atoms with Crippen molar-refractivity contribution in [1.29, 1.82) is 0 Å². The molecule has 8 unspecified atom stereocenters. The van der Waals surface area contributed by atoms with Gasteiger partial charge in [0.1, 0.15) is 6.10 Å². The molecular formula is C35H58O2. The molecule has 5 aliphatic rings. The van der Waals surface area contributed by atoms with E-state index in [1.54, 1.807) is 0 Å². The van der Waals surface area contributed by atoms with Crippen molar-refractivity contribution in [3.05, 3.63) is 11.6 Å². The quantitative estimate of drug-likeness (QED) is 0.279. The summed E-state index contributed by atoms with van der Waals surface area (Å²) in [5, 5.41) is 0. The van der Waals surface area contributed by atoms with Crippen molar-refractivity contribution in [2.24, 2.45) is 56.2 Å². The summed E-state index contributed by atoms with van der Waals surface area (Å²) in [5.41, 5.74) is 3.88. The lowest BCUT2D eigenvalue weighted by atomic mass is 9.33. The second-order valence-electron chi connectivity index (χ2n) is 17.3. The Morgan fingerprint density at radius 3 is 2.24 bits per heavy atom. The highest BCUT2D eigenvalue weighted by molar-refractivity contribution is 5.69. The van der Waals surface area contributed by atoms with Crippen molar-refractivity contribution < 1.29 is 9.53 Å². The molecule has 0 aromatic carbocycles. The summed E-state index contributed by atoms with van der Waals surface area (Å²) in [6.45, 7) is 24.8. The first-order valence-electron chi connectivity index (χ1n) is 15.9. The van der Waals surface area contributed by atoms with E-state index in [1.807, 2.05) is 5.57 Å². The Morgan fingerprint density at radius 2 is 1.57 bits per heavy atom. The van der Waals surface area contributed by atoms with Crippen molar-refractivity contribution >= 4 is 5.97 Å². The Balaban J connectivity index is 1.46. The van der Waals surface area contributed by atoms with Crippen LogP contribution in [-0.2, 0) is 9.53 Å². The number of ether oxygens (including phenoxy) is 1. The molecule has 0 heterocycles. The third-order valence-electron chi connectivity index (χ3n) is 13.8. The Morgan fingerprint density at radius 1 is 0.892 bits per heavy atom. The van der Waals surface area contributed by atoms with E-state index in [1.165, 1.54) is 57.8 Å². The van der Waals surface area contributed by atoms with Gasteiger partial charge in [-0.1, -0.05) is 80.9 Å². The molecule has 4 saturated carbocycles. The maximum atomic E-state index is 12.7. The van der Waals surface area contributed by atoms with Crippen molar-refractivity contribution in [3.8, 4) is 0 Å². The third-order valence-corrected chi connectivity index (χ3v) is 13.8. The van der Waals surface area contributed by atoms with Crippen molar-refractivity contribution in [2.75, 3.05) is 0 Å². The standard InChI is InChI=1S/C35H58O2/c1-23(2)21-29(36)37-28-14-15-33(8)26(31(28,5)6)13-16-35(10)27(33)12-11-24-25-22-30(3,4)17-18-32(25,7)19-20-34(24,35)9/h11,23,25-28H,12-22H2,1-10H3. The van der Waals surface area contributed by atoms with Gasteiger partial charge in [-0.15, -0.1) is 0 Å². The van der Waals surface area contributed by atoms with Gasteiger partial charge in [-0.05, 0) is 115 Å². The van der Waals surface area contributed by atoms with Gasteiger partial charge in [-0.25, -0.2) is 0 Å². The molecule has 37 heavy (non-hydrogen) atoms. The molecule has 0 bridgehead atoms. The van der Waals surface area contributed by atoms with Crippen LogP contribution in [0, 0.1) is 56.2 Å². The first-order valence-corrected chi connectivity index (χ1v) is 15.9. The van der Waals surface area contributed by atoms with Crippen LogP contribution in [0.3, 0.4) is 0 Å². The molecule has 0 saturated heterocycles. The van der Waals surface area contributed by atoms with Crippen molar-refractivity contribution in [1.82, 2.24) is 0 Å². The average Bonchev–Trinajstić information content (AvgIpc) is 2.77. The molecular weight excluding hydrogens is 452 g/mol. The lowest BCUT2D eigenvalue weighted by Crippen LogP contribution is -2.64. The number of esters is 1. The van der Waals surface area contributed by atoms with Crippen molar-refractivity contribution in [2.45, 2.75) is 146 Å². The average molecular weight is 511 g/mol. The molecule has 0 aromatic rings. The summed E-state index contributed by atoms with van der Waals surface area (Å²) in [7, 11) is 0. The van der Waals surface area contributed by atoms with E-state index in [0.717, 1.165) is 18.3 Å². The lowest BCUT2D eigenvalue weighted by Gasteiger charge is -2.71. The first-order chi connectivity index (χ1) is 17.0. The van der Waals surface area contributed by atoms with E-state index in [0.29, 0.717) is 45.3 Å². The number of carbonyl (C=O) groups is 1. The number of carbonyl (C=O) groups excluding carboxylic acids is 1. The van der Waals surface area contributed by atoms with Gasteiger partial charge in [-0.3, -0.25) is 4.79 Å².